The summed E-state index contributed by atoms with van der Waals surface area (Å²) in [4.78, 5) is 1.33. The highest BCUT2D eigenvalue weighted by molar-refractivity contribution is 7.98. The first kappa shape index (κ1) is 13.7. The van der Waals surface area contributed by atoms with Crippen molar-refractivity contribution >= 4 is 11.8 Å². The molecule has 0 bridgehead atoms. The monoisotopic (exact) mass is 283 g/mol. The zero-order chi connectivity index (χ0) is 13.9. The van der Waals surface area contributed by atoms with Crippen LogP contribution >= 0.6 is 11.8 Å². The van der Waals surface area contributed by atoms with Crippen molar-refractivity contribution < 1.29 is 0 Å². The van der Waals surface area contributed by atoms with Gasteiger partial charge in [0.25, 0.3) is 0 Å². The van der Waals surface area contributed by atoms with Gasteiger partial charge in [0, 0.05) is 22.9 Å². The summed E-state index contributed by atoms with van der Waals surface area (Å²) in [7, 11) is 0. The molecule has 3 rings (SSSR count). The van der Waals surface area contributed by atoms with Crippen molar-refractivity contribution in [3.05, 3.63) is 65.7 Å². The minimum atomic E-state index is 0.421. The summed E-state index contributed by atoms with van der Waals surface area (Å²) in [5, 5.41) is 3.75. The van der Waals surface area contributed by atoms with E-state index < -0.39 is 0 Å². The van der Waals surface area contributed by atoms with E-state index in [0.717, 1.165) is 0 Å². The van der Waals surface area contributed by atoms with Crippen LogP contribution in [0.3, 0.4) is 0 Å². The normalized spacial score (nSPS) is 22.5. The van der Waals surface area contributed by atoms with Gasteiger partial charge in [0.1, 0.15) is 0 Å². The minimum absolute atomic E-state index is 0.421. The first-order valence-corrected chi connectivity index (χ1v) is 8.45. The van der Waals surface area contributed by atoms with Gasteiger partial charge < -0.3 is 5.32 Å². The Bertz CT molecular complexity index is 549. The molecule has 2 heteroatoms. The van der Waals surface area contributed by atoms with Gasteiger partial charge in [-0.1, -0.05) is 42.5 Å². The second-order valence-electron chi connectivity index (χ2n) is 5.52. The van der Waals surface area contributed by atoms with Crippen LogP contribution in [-0.4, -0.2) is 12.3 Å². The Labute approximate surface area is 125 Å². The zero-order valence-electron chi connectivity index (χ0n) is 12.0. The van der Waals surface area contributed by atoms with E-state index in [0.29, 0.717) is 18.0 Å². The molecular weight excluding hydrogens is 262 g/mol. The summed E-state index contributed by atoms with van der Waals surface area (Å²) in [6.45, 7) is 2.26. The van der Waals surface area contributed by atoms with Crippen LogP contribution in [0.1, 0.15) is 36.4 Å². The number of thioether (sulfide) groups is 1. The lowest BCUT2D eigenvalue weighted by molar-refractivity contribution is 0.562. The molecule has 104 valence electrons. The summed E-state index contributed by atoms with van der Waals surface area (Å²) in [6.07, 6.45) is 3.38. The highest BCUT2D eigenvalue weighted by Crippen LogP contribution is 2.41. The second-order valence-corrected chi connectivity index (χ2v) is 6.40. The van der Waals surface area contributed by atoms with E-state index in [4.69, 9.17) is 0 Å². The van der Waals surface area contributed by atoms with E-state index in [1.54, 1.807) is 11.8 Å². The molecule has 1 fully saturated rings. The number of hydrogen-bond donors (Lipinski definition) is 1. The largest absolute Gasteiger partial charge is 0.307 e. The molecule has 0 heterocycles. The molecule has 2 aromatic carbocycles. The third-order valence-corrected chi connectivity index (χ3v) is 4.84. The van der Waals surface area contributed by atoms with Crippen LogP contribution in [0.25, 0.3) is 0 Å². The molecule has 3 atom stereocenters. The smallest absolute Gasteiger partial charge is 0.0294 e. The van der Waals surface area contributed by atoms with Crippen LogP contribution in [0.15, 0.2) is 59.5 Å². The van der Waals surface area contributed by atoms with Crippen molar-refractivity contribution in [1.29, 1.82) is 0 Å². The van der Waals surface area contributed by atoms with Crippen molar-refractivity contribution in [3.63, 3.8) is 0 Å². The summed E-state index contributed by atoms with van der Waals surface area (Å²) < 4.78 is 0. The third kappa shape index (κ3) is 3.08. The predicted molar refractivity (Wildman–Crippen MR) is 87.4 cm³/mol. The van der Waals surface area contributed by atoms with Crippen LogP contribution in [0.2, 0.25) is 0 Å². The fraction of sp³-hybridized carbons (Fsp3) is 0.333. The molecule has 1 N–H and O–H groups in total. The Balaban J connectivity index is 1.59. The predicted octanol–water partition coefficient (Wildman–Crippen LogP) is 4.62. The maximum absolute atomic E-state index is 3.75. The van der Waals surface area contributed by atoms with Gasteiger partial charge in [-0.25, -0.2) is 0 Å². The summed E-state index contributed by atoms with van der Waals surface area (Å²) in [6, 6.07) is 20.8. The second kappa shape index (κ2) is 6.02. The van der Waals surface area contributed by atoms with Crippen molar-refractivity contribution in [2.24, 2.45) is 0 Å². The number of hydrogen-bond acceptors (Lipinski definition) is 2. The zero-order valence-corrected chi connectivity index (χ0v) is 12.9. The van der Waals surface area contributed by atoms with Gasteiger partial charge in [-0.2, -0.15) is 0 Å². The molecular formula is C18H21NS. The molecule has 0 aromatic heterocycles. The molecule has 1 saturated carbocycles. The summed E-state index contributed by atoms with van der Waals surface area (Å²) in [5.74, 6) is 0.698. The quantitative estimate of drug-likeness (QED) is 0.804. The highest BCUT2D eigenvalue weighted by atomic mass is 32.2. The molecule has 0 saturated heterocycles. The van der Waals surface area contributed by atoms with Gasteiger partial charge in [0.2, 0.25) is 0 Å². The average Bonchev–Trinajstić information content (AvgIpc) is 3.27. The van der Waals surface area contributed by atoms with Crippen LogP contribution in [0.4, 0.5) is 0 Å². The summed E-state index contributed by atoms with van der Waals surface area (Å²) in [5.41, 5.74) is 2.84. The Morgan fingerprint density at radius 2 is 1.75 bits per heavy atom. The molecule has 0 aliphatic heterocycles. The highest BCUT2D eigenvalue weighted by Gasteiger charge is 2.38. The van der Waals surface area contributed by atoms with Gasteiger partial charge >= 0.3 is 0 Å². The lowest BCUT2D eigenvalue weighted by Crippen LogP contribution is -2.22. The third-order valence-electron chi connectivity index (χ3n) is 4.10. The van der Waals surface area contributed by atoms with Gasteiger partial charge in [-0.05, 0) is 42.9 Å². The molecule has 0 radical (unpaired) electrons. The molecule has 1 aliphatic rings. The van der Waals surface area contributed by atoms with E-state index >= 15 is 0 Å². The first-order valence-electron chi connectivity index (χ1n) is 7.23. The fourth-order valence-electron chi connectivity index (χ4n) is 2.76. The van der Waals surface area contributed by atoms with Crippen molar-refractivity contribution in [3.8, 4) is 0 Å². The Kier molecular flexibility index (Phi) is 4.13. The summed E-state index contributed by atoms with van der Waals surface area (Å²) >= 11 is 1.79. The standard InChI is InChI=1S/C18H21NS/c1-13(14-8-10-16(20-2)11-9-14)19-18-12-17(18)15-6-4-3-5-7-15/h3-11,13,17-19H,12H2,1-2H3. The molecule has 2 aromatic rings. The van der Waals surface area contributed by atoms with E-state index in [2.05, 4.69) is 73.1 Å². The number of nitrogens with one attached hydrogen (secondary N) is 1. The Morgan fingerprint density at radius 1 is 1.05 bits per heavy atom. The van der Waals surface area contributed by atoms with Gasteiger partial charge in [0.15, 0.2) is 0 Å². The molecule has 3 unspecified atom stereocenters. The van der Waals surface area contributed by atoms with Crippen LogP contribution in [0, 0.1) is 0 Å². The topological polar surface area (TPSA) is 12.0 Å². The lowest BCUT2D eigenvalue weighted by Gasteiger charge is -2.14. The maximum atomic E-state index is 3.75. The van der Waals surface area contributed by atoms with Crippen LogP contribution in [-0.2, 0) is 0 Å². The number of rotatable bonds is 5. The maximum Gasteiger partial charge on any atom is 0.0294 e. The molecule has 0 spiro atoms. The van der Waals surface area contributed by atoms with E-state index in [1.807, 2.05) is 0 Å². The van der Waals surface area contributed by atoms with Crippen molar-refractivity contribution in [1.82, 2.24) is 5.32 Å². The minimum Gasteiger partial charge on any atom is -0.307 e. The molecule has 20 heavy (non-hydrogen) atoms. The number of benzene rings is 2. The first-order chi connectivity index (χ1) is 9.78. The van der Waals surface area contributed by atoms with E-state index in [9.17, 15) is 0 Å². The van der Waals surface area contributed by atoms with Gasteiger partial charge in [-0.15, -0.1) is 11.8 Å². The van der Waals surface area contributed by atoms with Gasteiger partial charge in [0.05, 0.1) is 0 Å². The average molecular weight is 283 g/mol. The fourth-order valence-corrected chi connectivity index (χ4v) is 3.17. The molecule has 1 aliphatic carbocycles. The van der Waals surface area contributed by atoms with Gasteiger partial charge in [-0.3, -0.25) is 0 Å². The lowest BCUT2D eigenvalue weighted by atomic mass is 10.1. The van der Waals surface area contributed by atoms with E-state index in [1.165, 1.54) is 22.4 Å². The molecule has 0 amide bonds. The van der Waals surface area contributed by atoms with Crippen molar-refractivity contribution in [2.75, 3.05) is 6.26 Å². The van der Waals surface area contributed by atoms with Crippen molar-refractivity contribution in [2.45, 2.75) is 36.2 Å². The van der Waals surface area contributed by atoms with Crippen LogP contribution in [0.5, 0.6) is 0 Å². The Morgan fingerprint density at radius 3 is 2.40 bits per heavy atom. The van der Waals surface area contributed by atoms with Crippen LogP contribution < -0.4 is 5.32 Å². The Hall–Kier alpha value is -1.25. The SMILES string of the molecule is CSc1ccc(C(C)NC2CC2c2ccccc2)cc1. The molecule has 1 nitrogen and oxygen atoms in total. The van der Waals surface area contributed by atoms with E-state index in [-0.39, 0.29) is 0 Å².